The molecule has 0 spiro atoms. The Balaban J connectivity index is 1.78. The van der Waals surface area contributed by atoms with Crippen molar-refractivity contribution in [2.45, 2.75) is 54.1 Å². The van der Waals surface area contributed by atoms with Gasteiger partial charge in [0.05, 0.1) is 5.60 Å². The van der Waals surface area contributed by atoms with Gasteiger partial charge in [0, 0.05) is 36.0 Å². The second-order valence-corrected chi connectivity index (χ2v) is 10.3. The third kappa shape index (κ3) is 6.79. The lowest BCUT2D eigenvalue weighted by atomic mass is 9.96. The van der Waals surface area contributed by atoms with Gasteiger partial charge in [-0.3, -0.25) is 9.59 Å². The fourth-order valence-corrected chi connectivity index (χ4v) is 3.60. The van der Waals surface area contributed by atoms with Crippen molar-refractivity contribution < 1.29 is 18.8 Å². The lowest BCUT2D eigenvalue weighted by Crippen LogP contribution is -2.31. The molecule has 35 heavy (non-hydrogen) atoms. The molecule has 3 aromatic rings. The molecule has 1 heterocycles. The van der Waals surface area contributed by atoms with Crippen LogP contribution >= 0.6 is 0 Å². The summed E-state index contributed by atoms with van der Waals surface area (Å²) in [6.07, 6.45) is 0. The average Bonchev–Trinajstić information content (AvgIpc) is 3.28. The smallest absolute Gasteiger partial charge is 0.289 e. The SMILES string of the molecule is CCOC(C)(C)c1cccc(C(=O)Nc2ccc(C)c(-c3cc(C(=O)NCC(C)(C)C)on3)c2)c1. The van der Waals surface area contributed by atoms with Crippen molar-refractivity contribution in [1.29, 1.82) is 0 Å². The van der Waals surface area contributed by atoms with Gasteiger partial charge in [-0.15, -0.1) is 0 Å². The van der Waals surface area contributed by atoms with Crippen LogP contribution in [0, 0.1) is 12.3 Å². The molecule has 0 saturated heterocycles. The summed E-state index contributed by atoms with van der Waals surface area (Å²) < 4.78 is 11.1. The second-order valence-electron chi connectivity index (χ2n) is 10.3. The molecule has 0 fully saturated rings. The number of rotatable bonds is 8. The zero-order valence-electron chi connectivity index (χ0n) is 21.6. The quantitative estimate of drug-likeness (QED) is 0.418. The molecule has 0 aliphatic rings. The van der Waals surface area contributed by atoms with Crippen LogP contribution in [0.15, 0.2) is 53.1 Å². The maximum absolute atomic E-state index is 13.0. The van der Waals surface area contributed by atoms with Gasteiger partial charge in [-0.1, -0.05) is 44.1 Å². The van der Waals surface area contributed by atoms with Gasteiger partial charge in [0.15, 0.2) is 0 Å². The fourth-order valence-electron chi connectivity index (χ4n) is 3.60. The molecule has 0 radical (unpaired) electrons. The molecule has 0 unspecified atom stereocenters. The van der Waals surface area contributed by atoms with Crippen molar-refractivity contribution in [2.75, 3.05) is 18.5 Å². The molecular weight excluding hydrogens is 442 g/mol. The van der Waals surface area contributed by atoms with Gasteiger partial charge in [0.25, 0.3) is 11.8 Å². The Labute approximate surface area is 207 Å². The molecule has 0 aliphatic heterocycles. The Morgan fingerprint density at radius 2 is 1.74 bits per heavy atom. The minimum absolute atomic E-state index is 0.0417. The molecule has 7 nitrogen and oxygen atoms in total. The summed E-state index contributed by atoms with van der Waals surface area (Å²) >= 11 is 0. The maximum Gasteiger partial charge on any atom is 0.289 e. The number of nitrogens with zero attached hydrogens (tertiary/aromatic N) is 1. The number of aryl methyl sites for hydroxylation is 1. The van der Waals surface area contributed by atoms with Crippen molar-refractivity contribution in [1.82, 2.24) is 10.5 Å². The van der Waals surface area contributed by atoms with Crippen LogP contribution in [0.25, 0.3) is 11.3 Å². The zero-order valence-corrected chi connectivity index (χ0v) is 21.6. The van der Waals surface area contributed by atoms with E-state index in [1.54, 1.807) is 12.1 Å². The van der Waals surface area contributed by atoms with E-state index in [0.29, 0.717) is 30.1 Å². The maximum atomic E-state index is 13.0. The number of ether oxygens (including phenoxy) is 1. The largest absolute Gasteiger partial charge is 0.371 e. The molecule has 0 aliphatic carbocycles. The minimum atomic E-state index is -0.494. The van der Waals surface area contributed by atoms with Crippen LogP contribution in [0.1, 0.15) is 73.6 Å². The molecule has 0 saturated carbocycles. The first kappa shape index (κ1) is 26.2. The number of nitrogens with one attached hydrogen (secondary N) is 2. The highest BCUT2D eigenvalue weighted by Gasteiger charge is 2.22. The summed E-state index contributed by atoms with van der Waals surface area (Å²) in [5.74, 6) is -0.390. The average molecular weight is 478 g/mol. The van der Waals surface area contributed by atoms with E-state index in [1.165, 1.54) is 0 Å². The molecule has 2 aromatic carbocycles. The topological polar surface area (TPSA) is 93.5 Å². The molecule has 2 N–H and O–H groups in total. The highest BCUT2D eigenvalue weighted by molar-refractivity contribution is 6.04. The van der Waals surface area contributed by atoms with Crippen LogP contribution in [0.3, 0.4) is 0 Å². The first-order valence-electron chi connectivity index (χ1n) is 11.8. The van der Waals surface area contributed by atoms with Crippen molar-refractivity contribution in [2.24, 2.45) is 5.41 Å². The second kappa shape index (κ2) is 10.4. The van der Waals surface area contributed by atoms with E-state index in [2.05, 4.69) is 15.8 Å². The summed E-state index contributed by atoms with van der Waals surface area (Å²) in [6, 6.07) is 14.6. The summed E-state index contributed by atoms with van der Waals surface area (Å²) in [5, 5.41) is 9.90. The third-order valence-corrected chi connectivity index (χ3v) is 5.61. The third-order valence-electron chi connectivity index (χ3n) is 5.61. The van der Waals surface area contributed by atoms with Gasteiger partial charge >= 0.3 is 0 Å². The van der Waals surface area contributed by atoms with Crippen LogP contribution in [-0.2, 0) is 10.3 Å². The summed E-state index contributed by atoms with van der Waals surface area (Å²) in [6.45, 7) is 15.1. The Morgan fingerprint density at radius 3 is 2.43 bits per heavy atom. The van der Waals surface area contributed by atoms with E-state index in [4.69, 9.17) is 9.26 Å². The molecule has 0 bridgehead atoms. The van der Waals surface area contributed by atoms with E-state index < -0.39 is 5.60 Å². The number of hydrogen-bond acceptors (Lipinski definition) is 5. The summed E-state index contributed by atoms with van der Waals surface area (Å²) in [7, 11) is 0. The van der Waals surface area contributed by atoms with Gasteiger partial charge in [-0.2, -0.15) is 0 Å². The Kier molecular flexibility index (Phi) is 7.80. The predicted molar refractivity (Wildman–Crippen MR) is 138 cm³/mol. The van der Waals surface area contributed by atoms with Crippen molar-refractivity contribution in [3.05, 3.63) is 71.0 Å². The molecule has 7 heteroatoms. The van der Waals surface area contributed by atoms with Gasteiger partial charge in [-0.25, -0.2) is 0 Å². The highest BCUT2D eigenvalue weighted by atomic mass is 16.5. The minimum Gasteiger partial charge on any atom is -0.371 e. The zero-order chi connectivity index (χ0) is 25.8. The fraction of sp³-hybridized carbons (Fsp3) is 0.393. The molecular formula is C28H35N3O4. The number of carbonyl (C=O) groups excluding carboxylic acids is 2. The Morgan fingerprint density at radius 1 is 1.00 bits per heavy atom. The van der Waals surface area contributed by atoms with Crippen molar-refractivity contribution in [3.8, 4) is 11.3 Å². The van der Waals surface area contributed by atoms with Crippen LogP contribution in [0.2, 0.25) is 0 Å². The van der Waals surface area contributed by atoms with E-state index in [1.807, 2.05) is 84.9 Å². The van der Waals surface area contributed by atoms with Gasteiger partial charge in [0.1, 0.15) is 5.69 Å². The van der Waals surface area contributed by atoms with Crippen LogP contribution in [0.5, 0.6) is 0 Å². The Hall–Kier alpha value is -3.45. The van der Waals surface area contributed by atoms with Crippen LogP contribution < -0.4 is 10.6 Å². The number of aromatic nitrogens is 1. The standard InChI is InChI=1S/C28H35N3O4/c1-8-34-28(6,7)20-11-9-10-19(14-20)25(32)30-21-13-12-18(2)22(15-21)23-16-24(35-31-23)26(33)29-17-27(3,4)5/h9-16H,8,17H2,1-7H3,(H,29,33)(H,30,32). The first-order chi connectivity index (χ1) is 16.4. The Bertz CT molecular complexity index is 1200. The lowest BCUT2D eigenvalue weighted by molar-refractivity contribution is -0.0140. The predicted octanol–water partition coefficient (Wildman–Crippen LogP) is 5.95. The molecule has 186 valence electrons. The lowest BCUT2D eigenvalue weighted by Gasteiger charge is -2.25. The number of hydrogen-bond donors (Lipinski definition) is 2. The van der Waals surface area contributed by atoms with E-state index in [9.17, 15) is 9.59 Å². The first-order valence-corrected chi connectivity index (χ1v) is 11.8. The van der Waals surface area contributed by atoms with Crippen LogP contribution in [-0.4, -0.2) is 30.1 Å². The van der Waals surface area contributed by atoms with Crippen LogP contribution in [0.4, 0.5) is 5.69 Å². The summed E-state index contributed by atoms with van der Waals surface area (Å²) in [4.78, 5) is 25.4. The number of anilines is 1. The van der Waals surface area contributed by atoms with E-state index >= 15 is 0 Å². The number of benzene rings is 2. The molecule has 0 atom stereocenters. The summed E-state index contributed by atoms with van der Waals surface area (Å²) in [5.41, 5.74) is 3.79. The van der Waals surface area contributed by atoms with Gasteiger partial charge in [0.2, 0.25) is 5.76 Å². The van der Waals surface area contributed by atoms with Gasteiger partial charge in [-0.05, 0) is 68.5 Å². The monoisotopic (exact) mass is 477 g/mol. The van der Waals surface area contributed by atoms with E-state index in [-0.39, 0.29) is 23.0 Å². The van der Waals surface area contributed by atoms with Crippen molar-refractivity contribution >= 4 is 17.5 Å². The molecule has 3 rings (SSSR count). The normalized spacial score (nSPS) is 11.9. The van der Waals surface area contributed by atoms with Gasteiger partial charge < -0.3 is 19.9 Å². The highest BCUT2D eigenvalue weighted by Crippen LogP contribution is 2.28. The molecule has 1 aromatic heterocycles. The molecule has 2 amide bonds. The van der Waals surface area contributed by atoms with E-state index in [0.717, 1.165) is 16.7 Å². The number of carbonyl (C=O) groups is 2. The van der Waals surface area contributed by atoms with Crippen molar-refractivity contribution in [3.63, 3.8) is 0 Å². The number of amides is 2.